The number of thiazole rings is 1. The van der Waals surface area contributed by atoms with Gasteiger partial charge in [0.1, 0.15) is 0 Å². The van der Waals surface area contributed by atoms with Crippen LogP contribution in [-0.4, -0.2) is 29.5 Å². The second kappa shape index (κ2) is 8.58. The molecule has 1 atom stereocenters. The smallest absolute Gasteiger partial charge is 0.338 e. The summed E-state index contributed by atoms with van der Waals surface area (Å²) in [4.78, 5) is 28.2. The number of fused-ring (bicyclic) bond motifs is 1. The molecule has 0 fully saturated rings. The van der Waals surface area contributed by atoms with Gasteiger partial charge in [-0.05, 0) is 43.5 Å². The van der Waals surface area contributed by atoms with E-state index in [9.17, 15) is 9.59 Å². The zero-order chi connectivity index (χ0) is 18.4. The standard InChI is InChI=1S/C20H20N2O3S/c1-14(7-8-15-5-3-2-4-6-15)22-19(23)12-25-20(24)16-9-10-17-18(11-16)26-13-21-17/h2-6,9-11,13-14H,7-8,12H2,1H3,(H,22,23)/t14-/m0/s1. The summed E-state index contributed by atoms with van der Waals surface area (Å²) < 4.78 is 6.03. The molecule has 0 spiro atoms. The number of hydrogen-bond acceptors (Lipinski definition) is 5. The lowest BCUT2D eigenvalue weighted by molar-refractivity contribution is -0.124. The quantitative estimate of drug-likeness (QED) is 0.647. The van der Waals surface area contributed by atoms with Crippen molar-refractivity contribution in [3.63, 3.8) is 0 Å². The molecule has 26 heavy (non-hydrogen) atoms. The SMILES string of the molecule is C[C@@H](CCc1ccccc1)NC(=O)COC(=O)c1ccc2ncsc2c1. The number of benzene rings is 2. The van der Waals surface area contributed by atoms with Crippen LogP contribution in [0.25, 0.3) is 10.2 Å². The van der Waals surface area contributed by atoms with Crippen molar-refractivity contribution in [2.75, 3.05) is 6.61 Å². The van der Waals surface area contributed by atoms with Crippen LogP contribution in [0, 0.1) is 0 Å². The van der Waals surface area contributed by atoms with Crippen molar-refractivity contribution in [3.05, 3.63) is 65.2 Å². The fourth-order valence-electron chi connectivity index (χ4n) is 2.61. The molecule has 0 bridgehead atoms. The number of aryl methyl sites for hydroxylation is 1. The highest BCUT2D eigenvalue weighted by atomic mass is 32.1. The Morgan fingerprint density at radius 1 is 1.19 bits per heavy atom. The third-order valence-electron chi connectivity index (χ3n) is 4.02. The number of aromatic nitrogens is 1. The molecule has 0 aliphatic heterocycles. The van der Waals surface area contributed by atoms with Crippen LogP contribution in [-0.2, 0) is 16.0 Å². The summed E-state index contributed by atoms with van der Waals surface area (Å²) in [6.45, 7) is 1.66. The van der Waals surface area contributed by atoms with E-state index in [-0.39, 0.29) is 18.6 Å². The number of ether oxygens (including phenoxy) is 1. The Labute approximate surface area is 156 Å². The van der Waals surface area contributed by atoms with E-state index in [0.29, 0.717) is 5.56 Å². The zero-order valence-corrected chi connectivity index (χ0v) is 15.3. The number of amides is 1. The van der Waals surface area contributed by atoms with E-state index >= 15 is 0 Å². The number of nitrogens with one attached hydrogen (secondary N) is 1. The van der Waals surface area contributed by atoms with E-state index in [1.54, 1.807) is 23.7 Å². The molecule has 0 saturated carbocycles. The highest BCUT2D eigenvalue weighted by Gasteiger charge is 2.13. The number of esters is 1. The van der Waals surface area contributed by atoms with Gasteiger partial charge in [0.25, 0.3) is 5.91 Å². The minimum atomic E-state index is -0.507. The number of nitrogens with zero attached hydrogens (tertiary/aromatic N) is 1. The summed E-state index contributed by atoms with van der Waals surface area (Å²) in [6, 6.07) is 15.3. The van der Waals surface area contributed by atoms with Gasteiger partial charge in [-0.15, -0.1) is 11.3 Å². The summed E-state index contributed by atoms with van der Waals surface area (Å²) in [7, 11) is 0. The van der Waals surface area contributed by atoms with Gasteiger partial charge in [-0.25, -0.2) is 9.78 Å². The molecule has 6 heteroatoms. The van der Waals surface area contributed by atoms with E-state index in [1.807, 2.05) is 25.1 Å². The first-order valence-corrected chi connectivity index (χ1v) is 9.33. The van der Waals surface area contributed by atoms with Gasteiger partial charge in [0.2, 0.25) is 0 Å². The van der Waals surface area contributed by atoms with Crippen molar-refractivity contribution in [2.24, 2.45) is 0 Å². The Morgan fingerprint density at radius 2 is 2.00 bits per heavy atom. The van der Waals surface area contributed by atoms with Gasteiger partial charge in [0.05, 0.1) is 21.3 Å². The molecule has 0 aliphatic rings. The second-order valence-electron chi connectivity index (χ2n) is 6.10. The Hall–Kier alpha value is -2.73. The molecule has 3 rings (SSSR count). The lowest BCUT2D eigenvalue weighted by atomic mass is 10.1. The maximum atomic E-state index is 12.1. The van der Waals surface area contributed by atoms with Crippen LogP contribution in [0.5, 0.6) is 0 Å². The maximum absolute atomic E-state index is 12.1. The van der Waals surface area contributed by atoms with Gasteiger partial charge in [-0.2, -0.15) is 0 Å². The molecule has 0 unspecified atom stereocenters. The predicted molar refractivity (Wildman–Crippen MR) is 102 cm³/mol. The highest BCUT2D eigenvalue weighted by molar-refractivity contribution is 7.16. The minimum absolute atomic E-state index is 0.00921. The number of carbonyl (C=O) groups excluding carboxylic acids is 2. The van der Waals surface area contributed by atoms with Gasteiger partial charge in [0, 0.05) is 6.04 Å². The molecule has 134 valence electrons. The molecule has 1 aromatic heterocycles. The van der Waals surface area contributed by atoms with Gasteiger partial charge < -0.3 is 10.1 Å². The van der Waals surface area contributed by atoms with Crippen molar-refractivity contribution < 1.29 is 14.3 Å². The zero-order valence-electron chi connectivity index (χ0n) is 14.5. The average molecular weight is 368 g/mol. The van der Waals surface area contributed by atoms with Crippen LogP contribution >= 0.6 is 11.3 Å². The van der Waals surface area contributed by atoms with Crippen LogP contribution in [0.4, 0.5) is 0 Å². The fraction of sp³-hybridized carbons (Fsp3) is 0.250. The first-order valence-electron chi connectivity index (χ1n) is 8.45. The number of rotatable bonds is 7. The van der Waals surface area contributed by atoms with E-state index < -0.39 is 5.97 Å². The molecule has 1 heterocycles. The van der Waals surface area contributed by atoms with Gasteiger partial charge in [-0.3, -0.25) is 4.79 Å². The first kappa shape index (κ1) is 18.1. The molecule has 2 aromatic carbocycles. The van der Waals surface area contributed by atoms with Crippen molar-refractivity contribution in [2.45, 2.75) is 25.8 Å². The van der Waals surface area contributed by atoms with E-state index in [4.69, 9.17) is 4.74 Å². The molecule has 0 aliphatic carbocycles. The van der Waals surface area contributed by atoms with Crippen LogP contribution in [0.3, 0.4) is 0 Å². The van der Waals surface area contributed by atoms with Gasteiger partial charge in [-0.1, -0.05) is 30.3 Å². The topological polar surface area (TPSA) is 68.3 Å². The van der Waals surface area contributed by atoms with E-state index in [2.05, 4.69) is 22.4 Å². The second-order valence-corrected chi connectivity index (χ2v) is 6.99. The highest BCUT2D eigenvalue weighted by Crippen LogP contribution is 2.19. The van der Waals surface area contributed by atoms with Gasteiger partial charge in [0.15, 0.2) is 6.61 Å². The summed E-state index contributed by atoms with van der Waals surface area (Å²) in [5, 5.41) is 2.86. The molecule has 0 saturated heterocycles. The Bertz CT molecular complexity index is 892. The maximum Gasteiger partial charge on any atom is 0.338 e. The summed E-state index contributed by atoms with van der Waals surface area (Å²) in [5.74, 6) is -0.801. The molecule has 1 N–H and O–H groups in total. The fourth-order valence-corrected chi connectivity index (χ4v) is 3.33. The molecule has 1 amide bonds. The third kappa shape index (κ3) is 4.89. The number of carbonyl (C=O) groups is 2. The Balaban J connectivity index is 1.43. The Morgan fingerprint density at radius 3 is 2.81 bits per heavy atom. The van der Waals surface area contributed by atoms with Crippen LogP contribution in [0.2, 0.25) is 0 Å². The monoisotopic (exact) mass is 368 g/mol. The van der Waals surface area contributed by atoms with E-state index in [0.717, 1.165) is 23.1 Å². The summed E-state index contributed by atoms with van der Waals surface area (Å²) in [5.41, 5.74) is 4.23. The summed E-state index contributed by atoms with van der Waals surface area (Å²) in [6.07, 6.45) is 1.71. The Kier molecular flexibility index (Phi) is 5.96. The van der Waals surface area contributed by atoms with Crippen LogP contribution in [0.15, 0.2) is 54.0 Å². The molecule has 0 radical (unpaired) electrons. The molecule has 5 nitrogen and oxygen atoms in total. The lowest BCUT2D eigenvalue weighted by Crippen LogP contribution is -2.36. The number of hydrogen-bond donors (Lipinski definition) is 1. The third-order valence-corrected chi connectivity index (χ3v) is 4.81. The van der Waals surface area contributed by atoms with Crippen molar-refractivity contribution in [1.82, 2.24) is 10.3 Å². The van der Waals surface area contributed by atoms with Crippen molar-refractivity contribution >= 4 is 33.4 Å². The largest absolute Gasteiger partial charge is 0.452 e. The molecular weight excluding hydrogens is 348 g/mol. The van der Waals surface area contributed by atoms with Crippen molar-refractivity contribution in [3.8, 4) is 0 Å². The first-order chi connectivity index (χ1) is 12.6. The van der Waals surface area contributed by atoms with Gasteiger partial charge >= 0.3 is 5.97 Å². The summed E-state index contributed by atoms with van der Waals surface area (Å²) >= 11 is 1.46. The normalized spacial score (nSPS) is 11.9. The predicted octanol–water partition coefficient (Wildman–Crippen LogP) is 3.59. The average Bonchev–Trinajstić information content (AvgIpc) is 3.13. The van der Waals surface area contributed by atoms with Crippen molar-refractivity contribution in [1.29, 1.82) is 0 Å². The van der Waals surface area contributed by atoms with E-state index in [1.165, 1.54) is 16.9 Å². The van der Waals surface area contributed by atoms with Crippen LogP contribution < -0.4 is 5.32 Å². The minimum Gasteiger partial charge on any atom is -0.452 e. The lowest BCUT2D eigenvalue weighted by Gasteiger charge is -2.14. The molecule has 3 aromatic rings. The molecular formula is C20H20N2O3S. The van der Waals surface area contributed by atoms with Crippen LogP contribution in [0.1, 0.15) is 29.3 Å².